The quantitative estimate of drug-likeness (QED) is 0.400. The molecule has 2 N–H and O–H groups in total. The number of amides is 1. The predicted octanol–water partition coefficient (Wildman–Crippen LogP) is 4.20. The first kappa shape index (κ1) is 25.4. The molecule has 0 radical (unpaired) electrons. The lowest BCUT2D eigenvalue weighted by Gasteiger charge is -2.34. The molecular formula is C28H27ClN4O3S. The Bertz CT molecular complexity index is 1550. The van der Waals surface area contributed by atoms with Gasteiger partial charge in [-0.25, -0.2) is 8.42 Å². The lowest BCUT2D eigenvalue weighted by Crippen LogP contribution is -2.50. The van der Waals surface area contributed by atoms with Crippen molar-refractivity contribution in [2.75, 3.05) is 32.7 Å². The molecule has 0 bridgehead atoms. The molecule has 0 unspecified atom stereocenters. The third kappa shape index (κ3) is 5.38. The summed E-state index contributed by atoms with van der Waals surface area (Å²) in [6.07, 6.45) is 2.47. The van der Waals surface area contributed by atoms with E-state index in [1.54, 1.807) is 41.4 Å². The zero-order valence-electron chi connectivity index (χ0n) is 20.2. The van der Waals surface area contributed by atoms with Crippen LogP contribution in [0.1, 0.15) is 16.1 Å². The lowest BCUT2D eigenvalue weighted by molar-refractivity contribution is 0.0698. The normalized spacial score (nSPS) is 14.7. The summed E-state index contributed by atoms with van der Waals surface area (Å²) in [5, 5.41) is 2.30. The van der Waals surface area contributed by atoms with E-state index in [0.29, 0.717) is 36.6 Å². The van der Waals surface area contributed by atoms with E-state index in [9.17, 15) is 13.2 Å². The van der Waals surface area contributed by atoms with E-state index in [1.807, 2.05) is 42.5 Å². The molecule has 0 spiro atoms. The second-order valence-electron chi connectivity index (χ2n) is 9.00. The molecule has 190 valence electrons. The molecule has 7 nitrogen and oxygen atoms in total. The number of benzene rings is 3. The third-order valence-electron chi connectivity index (χ3n) is 6.62. The molecule has 0 aliphatic carbocycles. The van der Waals surface area contributed by atoms with Gasteiger partial charge >= 0.3 is 0 Å². The van der Waals surface area contributed by atoms with E-state index in [1.165, 1.54) is 4.31 Å². The van der Waals surface area contributed by atoms with Crippen LogP contribution in [0, 0.1) is 0 Å². The minimum atomic E-state index is -3.67. The molecule has 1 aromatic heterocycles. The molecule has 1 fully saturated rings. The standard InChI is InChI=1S/C28H27ClN4O3S/c29-25-7-5-23-19-27(8-6-22(23)17-25)37(35,36)33-15-13-32(14-16-33)28(34)21-3-1-20(2-4-21)24-10-12-31-26(18-24)9-11-30/h1-8,10,12,17-19H,9,11,13-16,30H2. The van der Waals surface area contributed by atoms with Crippen molar-refractivity contribution in [3.05, 3.63) is 95.3 Å². The van der Waals surface area contributed by atoms with Crippen molar-refractivity contribution in [1.82, 2.24) is 14.2 Å². The molecule has 1 saturated heterocycles. The van der Waals surface area contributed by atoms with Gasteiger partial charge in [0.1, 0.15) is 0 Å². The SMILES string of the molecule is NCCc1cc(-c2ccc(C(=O)N3CCN(S(=O)(=O)c4ccc5cc(Cl)ccc5c4)CC3)cc2)ccn1. The van der Waals surface area contributed by atoms with Crippen LogP contribution < -0.4 is 5.73 Å². The van der Waals surface area contributed by atoms with Crippen LogP contribution in [0.25, 0.3) is 21.9 Å². The number of nitrogens with two attached hydrogens (primary N) is 1. The number of rotatable bonds is 6. The van der Waals surface area contributed by atoms with Gasteiger partial charge in [-0.3, -0.25) is 9.78 Å². The van der Waals surface area contributed by atoms with E-state index in [0.717, 1.165) is 27.6 Å². The number of hydrogen-bond acceptors (Lipinski definition) is 5. The van der Waals surface area contributed by atoms with Crippen molar-refractivity contribution in [3.63, 3.8) is 0 Å². The average molecular weight is 535 g/mol. The topological polar surface area (TPSA) is 96.6 Å². The molecule has 9 heteroatoms. The summed E-state index contributed by atoms with van der Waals surface area (Å²) in [5.74, 6) is -0.107. The van der Waals surface area contributed by atoms with Crippen molar-refractivity contribution in [3.8, 4) is 11.1 Å². The Hall–Kier alpha value is -3.30. The van der Waals surface area contributed by atoms with Crippen molar-refractivity contribution in [1.29, 1.82) is 0 Å². The van der Waals surface area contributed by atoms with Crippen molar-refractivity contribution >= 4 is 38.3 Å². The first-order valence-electron chi connectivity index (χ1n) is 12.1. The smallest absolute Gasteiger partial charge is 0.253 e. The molecule has 1 aliphatic heterocycles. The molecule has 37 heavy (non-hydrogen) atoms. The number of aromatic nitrogens is 1. The maximum Gasteiger partial charge on any atom is 0.253 e. The second kappa shape index (κ2) is 10.6. The van der Waals surface area contributed by atoms with Gasteiger partial charge in [0.15, 0.2) is 0 Å². The fourth-order valence-corrected chi connectivity index (χ4v) is 6.20. The van der Waals surface area contributed by atoms with Crippen LogP contribution in [-0.4, -0.2) is 61.2 Å². The third-order valence-corrected chi connectivity index (χ3v) is 8.75. The number of sulfonamides is 1. The van der Waals surface area contributed by atoms with Crippen LogP contribution in [0.5, 0.6) is 0 Å². The molecule has 1 aliphatic rings. The number of carbonyl (C=O) groups excluding carboxylic acids is 1. The first-order valence-corrected chi connectivity index (χ1v) is 13.9. The molecule has 3 aromatic carbocycles. The van der Waals surface area contributed by atoms with Gasteiger partial charge in [0.05, 0.1) is 4.90 Å². The van der Waals surface area contributed by atoms with Gasteiger partial charge in [-0.2, -0.15) is 4.31 Å². The maximum absolute atomic E-state index is 13.3. The predicted molar refractivity (Wildman–Crippen MR) is 146 cm³/mol. The Morgan fingerprint density at radius 2 is 1.57 bits per heavy atom. The van der Waals surface area contributed by atoms with Crippen molar-refractivity contribution in [2.45, 2.75) is 11.3 Å². The highest BCUT2D eigenvalue weighted by Gasteiger charge is 2.30. The monoisotopic (exact) mass is 534 g/mol. The summed E-state index contributed by atoms with van der Waals surface area (Å²) in [6.45, 7) is 1.68. The van der Waals surface area contributed by atoms with E-state index in [4.69, 9.17) is 17.3 Å². The van der Waals surface area contributed by atoms with Crippen LogP contribution >= 0.6 is 11.6 Å². The van der Waals surface area contributed by atoms with E-state index in [2.05, 4.69) is 4.98 Å². The highest BCUT2D eigenvalue weighted by molar-refractivity contribution is 7.89. The molecule has 5 rings (SSSR count). The number of halogens is 1. The summed E-state index contributed by atoms with van der Waals surface area (Å²) in [6, 6.07) is 21.8. The van der Waals surface area contributed by atoms with Crippen molar-refractivity contribution < 1.29 is 13.2 Å². The molecule has 1 amide bonds. The maximum atomic E-state index is 13.3. The van der Waals surface area contributed by atoms with Crippen LogP contribution in [0.2, 0.25) is 5.02 Å². The fourth-order valence-electron chi connectivity index (χ4n) is 4.57. The average Bonchev–Trinajstić information content (AvgIpc) is 2.93. The first-order chi connectivity index (χ1) is 17.8. The van der Waals surface area contributed by atoms with E-state index >= 15 is 0 Å². The van der Waals surface area contributed by atoms with Crippen LogP contribution in [0.3, 0.4) is 0 Å². The Labute approximate surface area is 221 Å². The molecule has 2 heterocycles. The minimum Gasteiger partial charge on any atom is -0.336 e. The molecule has 0 atom stereocenters. The van der Waals surface area contributed by atoms with Gasteiger partial charge in [-0.1, -0.05) is 35.9 Å². The Balaban J connectivity index is 1.25. The van der Waals surface area contributed by atoms with Gasteiger partial charge in [0.2, 0.25) is 10.0 Å². The largest absolute Gasteiger partial charge is 0.336 e. The second-order valence-corrected chi connectivity index (χ2v) is 11.4. The van der Waals surface area contributed by atoms with Crippen LogP contribution in [0.15, 0.2) is 83.9 Å². The van der Waals surface area contributed by atoms with Crippen LogP contribution in [-0.2, 0) is 16.4 Å². The Morgan fingerprint density at radius 3 is 2.30 bits per heavy atom. The van der Waals surface area contributed by atoms with Gasteiger partial charge in [-0.05, 0) is 77.0 Å². The summed E-state index contributed by atoms with van der Waals surface area (Å²) >= 11 is 6.04. The van der Waals surface area contributed by atoms with Gasteiger partial charge < -0.3 is 10.6 Å². The number of pyridine rings is 1. The molecule has 4 aromatic rings. The van der Waals surface area contributed by atoms with Crippen LogP contribution in [0.4, 0.5) is 0 Å². The zero-order valence-corrected chi connectivity index (χ0v) is 21.8. The van der Waals surface area contributed by atoms with Gasteiger partial charge in [0.25, 0.3) is 5.91 Å². The summed E-state index contributed by atoms with van der Waals surface area (Å²) in [5.41, 5.74) is 9.16. The number of fused-ring (bicyclic) bond motifs is 1. The number of hydrogen-bond donors (Lipinski definition) is 1. The number of carbonyl (C=O) groups is 1. The zero-order chi connectivity index (χ0) is 26.0. The van der Waals surface area contributed by atoms with E-state index in [-0.39, 0.29) is 23.9 Å². The van der Waals surface area contributed by atoms with Gasteiger partial charge in [-0.15, -0.1) is 0 Å². The lowest BCUT2D eigenvalue weighted by atomic mass is 10.0. The van der Waals surface area contributed by atoms with Crippen molar-refractivity contribution in [2.24, 2.45) is 5.73 Å². The number of nitrogens with zero attached hydrogens (tertiary/aromatic N) is 3. The van der Waals surface area contributed by atoms with Gasteiger partial charge in [0, 0.05) is 55.1 Å². The Morgan fingerprint density at radius 1 is 0.865 bits per heavy atom. The Kier molecular flexibility index (Phi) is 7.26. The molecule has 0 saturated carbocycles. The molecular weight excluding hydrogens is 508 g/mol. The number of piperazine rings is 1. The van der Waals surface area contributed by atoms with E-state index < -0.39 is 10.0 Å². The summed E-state index contributed by atoms with van der Waals surface area (Å²) in [7, 11) is -3.67. The highest BCUT2D eigenvalue weighted by Crippen LogP contribution is 2.26. The summed E-state index contributed by atoms with van der Waals surface area (Å²) in [4.78, 5) is 19.4. The minimum absolute atomic E-state index is 0.107. The fraction of sp³-hybridized carbons (Fsp3) is 0.214. The highest BCUT2D eigenvalue weighted by atomic mass is 35.5. The summed E-state index contributed by atoms with van der Waals surface area (Å²) < 4.78 is 28.0.